The Morgan fingerprint density at radius 3 is 2.43 bits per heavy atom. The van der Waals surface area contributed by atoms with Crippen molar-refractivity contribution in [2.45, 2.75) is 30.9 Å². The van der Waals surface area contributed by atoms with Crippen molar-refractivity contribution < 1.29 is 0 Å². The van der Waals surface area contributed by atoms with Gasteiger partial charge in [-0.1, -0.05) is 12.1 Å². The van der Waals surface area contributed by atoms with Gasteiger partial charge in [-0.05, 0) is 67.5 Å². The van der Waals surface area contributed by atoms with Gasteiger partial charge in [0.15, 0.2) is 0 Å². The van der Waals surface area contributed by atoms with Gasteiger partial charge in [-0.2, -0.15) is 0 Å². The summed E-state index contributed by atoms with van der Waals surface area (Å²) in [4.78, 5) is 10.5. The maximum absolute atomic E-state index is 4.66. The van der Waals surface area contributed by atoms with Gasteiger partial charge in [0.2, 0.25) is 0 Å². The first-order valence-electron chi connectivity index (χ1n) is 6.96. The lowest BCUT2D eigenvalue weighted by Gasteiger charge is -2.11. The van der Waals surface area contributed by atoms with E-state index in [1.165, 1.54) is 10.5 Å². The molecular formula is C16H20BrN3S. The van der Waals surface area contributed by atoms with Crippen LogP contribution in [-0.2, 0) is 12.2 Å². The first-order valence-corrected chi connectivity index (χ1v) is 8.74. The number of halogens is 1. The maximum atomic E-state index is 4.66. The van der Waals surface area contributed by atoms with E-state index in [0.29, 0.717) is 0 Å². The lowest BCUT2D eigenvalue weighted by atomic mass is 10.1. The Balaban J connectivity index is 2.09. The fraction of sp³-hybridized carbons (Fsp3) is 0.375. The monoisotopic (exact) mass is 365 g/mol. The molecule has 0 saturated heterocycles. The summed E-state index contributed by atoms with van der Waals surface area (Å²) in [6, 6.07) is 8.23. The van der Waals surface area contributed by atoms with Gasteiger partial charge >= 0.3 is 0 Å². The van der Waals surface area contributed by atoms with Crippen molar-refractivity contribution in [2.24, 2.45) is 0 Å². The van der Waals surface area contributed by atoms with E-state index in [4.69, 9.17) is 0 Å². The quantitative estimate of drug-likeness (QED) is 0.787. The Morgan fingerprint density at radius 2 is 1.81 bits per heavy atom. The van der Waals surface area contributed by atoms with Crippen molar-refractivity contribution in [1.82, 2.24) is 15.3 Å². The van der Waals surface area contributed by atoms with Gasteiger partial charge < -0.3 is 5.32 Å². The topological polar surface area (TPSA) is 37.8 Å². The van der Waals surface area contributed by atoms with Gasteiger partial charge in [0.1, 0.15) is 5.82 Å². The van der Waals surface area contributed by atoms with Crippen molar-refractivity contribution in [3.05, 3.63) is 51.5 Å². The molecule has 0 bridgehead atoms. The van der Waals surface area contributed by atoms with Crippen molar-refractivity contribution in [3.63, 3.8) is 0 Å². The second kappa shape index (κ2) is 7.92. The van der Waals surface area contributed by atoms with E-state index in [1.54, 1.807) is 11.8 Å². The van der Waals surface area contributed by atoms with Crippen LogP contribution in [0.5, 0.6) is 0 Å². The van der Waals surface area contributed by atoms with Crippen LogP contribution in [0.2, 0.25) is 0 Å². The van der Waals surface area contributed by atoms with Gasteiger partial charge in [-0.15, -0.1) is 11.8 Å². The zero-order chi connectivity index (χ0) is 15.2. The average Bonchev–Trinajstić information content (AvgIpc) is 2.46. The highest BCUT2D eigenvalue weighted by Crippen LogP contribution is 2.29. The smallest absolute Gasteiger partial charge is 0.139 e. The van der Waals surface area contributed by atoms with E-state index in [1.807, 2.05) is 19.2 Å². The summed E-state index contributed by atoms with van der Waals surface area (Å²) in [5.41, 5.74) is 3.46. The standard InChI is InChI=1S/C16H20BrN3S/c1-11-13(8-9-18-3)12(2)20-16(19-11)10-21-15-7-5-4-6-14(15)17/h4-7,18H,8-10H2,1-3H3. The second-order valence-electron chi connectivity index (χ2n) is 4.86. The molecule has 1 heterocycles. The molecule has 0 aliphatic rings. The lowest BCUT2D eigenvalue weighted by molar-refractivity contribution is 0.769. The number of hydrogen-bond donors (Lipinski definition) is 1. The molecule has 0 saturated carbocycles. The van der Waals surface area contributed by atoms with E-state index >= 15 is 0 Å². The number of aromatic nitrogens is 2. The van der Waals surface area contributed by atoms with Crippen LogP contribution in [0.4, 0.5) is 0 Å². The van der Waals surface area contributed by atoms with Crippen LogP contribution in [0.3, 0.4) is 0 Å². The van der Waals surface area contributed by atoms with Gasteiger partial charge in [0.05, 0.1) is 5.75 Å². The molecule has 0 aliphatic carbocycles. The van der Waals surface area contributed by atoms with Gasteiger partial charge in [-0.3, -0.25) is 0 Å². The van der Waals surface area contributed by atoms with Crippen molar-refractivity contribution in [1.29, 1.82) is 0 Å². The summed E-state index contributed by atoms with van der Waals surface area (Å²) in [6.45, 7) is 5.11. The van der Waals surface area contributed by atoms with E-state index in [-0.39, 0.29) is 0 Å². The summed E-state index contributed by atoms with van der Waals surface area (Å²) < 4.78 is 1.12. The number of hydrogen-bond acceptors (Lipinski definition) is 4. The van der Waals surface area contributed by atoms with Crippen LogP contribution in [0.15, 0.2) is 33.6 Å². The van der Waals surface area contributed by atoms with Crippen molar-refractivity contribution in [3.8, 4) is 0 Å². The van der Waals surface area contributed by atoms with Crippen LogP contribution >= 0.6 is 27.7 Å². The third-order valence-corrected chi connectivity index (χ3v) is 5.31. The molecule has 0 unspecified atom stereocenters. The highest BCUT2D eigenvalue weighted by Gasteiger charge is 2.09. The molecule has 0 fully saturated rings. The molecule has 1 aromatic heterocycles. The molecule has 1 N–H and O–H groups in total. The molecule has 0 amide bonds. The first-order chi connectivity index (χ1) is 10.1. The minimum atomic E-state index is 0.788. The molecule has 21 heavy (non-hydrogen) atoms. The largest absolute Gasteiger partial charge is 0.319 e. The van der Waals surface area contributed by atoms with Crippen LogP contribution in [0.1, 0.15) is 22.8 Å². The van der Waals surface area contributed by atoms with E-state index < -0.39 is 0 Å². The Morgan fingerprint density at radius 1 is 1.14 bits per heavy atom. The summed E-state index contributed by atoms with van der Waals surface area (Å²) in [5, 5.41) is 3.17. The Hall–Kier alpha value is -0.910. The molecular weight excluding hydrogens is 346 g/mol. The molecule has 2 aromatic rings. The van der Waals surface area contributed by atoms with Crippen LogP contribution < -0.4 is 5.32 Å². The lowest BCUT2D eigenvalue weighted by Crippen LogP contribution is -2.14. The van der Waals surface area contributed by atoms with Gasteiger partial charge in [0, 0.05) is 20.8 Å². The third-order valence-electron chi connectivity index (χ3n) is 3.29. The predicted molar refractivity (Wildman–Crippen MR) is 92.8 cm³/mol. The number of thioether (sulfide) groups is 1. The summed E-state index contributed by atoms with van der Waals surface area (Å²) >= 11 is 5.33. The highest BCUT2D eigenvalue weighted by molar-refractivity contribution is 9.10. The zero-order valence-corrected chi connectivity index (χ0v) is 15.0. The number of nitrogens with one attached hydrogen (secondary N) is 1. The molecule has 0 aliphatic heterocycles. The number of rotatable bonds is 6. The van der Waals surface area contributed by atoms with Gasteiger partial charge in [0.25, 0.3) is 0 Å². The number of benzene rings is 1. The molecule has 5 heteroatoms. The van der Waals surface area contributed by atoms with Gasteiger partial charge in [-0.25, -0.2) is 9.97 Å². The fourth-order valence-electron chi connectivity index (χ4n) is 2.19. The molecule has 0 atom stereocenters. The number of nitrogens with zero attached hydrogens (tertiary/aromatic N) is 2. The highest BCUT2D eigenvalue weighted by atomic mass is 79.9. The SMILES string of the molecule is CNCCc1c(C)nc(CSc2ccccc2Br)nc1C. The average molecular weight is 366 g/mol. The second-order valence-corrected chi connectivity index (χ2v) is 6.73. The van der Waals surface area contributed by atoms with Crippen LogP contribution in [0.25, 0.3) is 0 Å². The summed E-state index contributed by atoms with van der Waals surface area (Å²) in [7, 11) is 1.97. The molecule has 112 valence electrons. The van der Waals surface area contributed by atoms with E-state index in [9.17, 15) is 0 Å². The number of likely N-dealkylation sites (N-methyl/N-ethyl adjacent to an activating group) is 1. The van der Waals surface area contributed by atoms with Crippen LogP contribution in [-0.4, -0.2) is 23.6 Å². The molecule has 0 spiro atoms. The molecule has 1 aromatic carbocycles. The normalized spacial score (nSPS) is 10.9. The minimum absolute atomic E-state index is 0.788. The van der Waals surface area contributed by atoms with E-state index in [0.717, 1.165) is 40.4 Å². The van der Waals surface area contributed by atoms with Crippen LogP contribution in [0, 0.1) is 13.8 Å². The fourth-order valence-corrected chi connectivity index (χ4v) is 3.61. The van der Waals surface area contributed by atoms with E-state index in [2.05, 4.69) is 57.2 Å². The predicted octanol–water partition coefficient (Wildman–Crippen LogP) is 3.91. The molecule has 3 nitrogen and oxygen atoms in total. The Labute approximate surface area is 139 Å². The first kappa shape index (κ1) is 16.5. The van der Waals surface area contributed by atoms with Crippen molar-refractivity contribution in [2.75, 3.05) is 13.6 Å². The third kappa shape index (κ3) is 4.53. The maximum Gasteiger partial charge on any atom is 0.139 e. The van der Waals surface area contributed by atoms with Crippen molar-refractivity contribution >= 4 is 27.7 Å². The number of aryl methyl sites for hydroxylation is 2. The Kier molecular flexibility index (Phi) is 6.21. The zero-order valence-electron chi connectivity index (χ0n) is 12.6. The Bertz CT molecular complexity index is 593. The minimum Gasteiger partial charge on any atom is -0.319 e. The summed E-state index contributed by atoms with van der Waals surface area (Å²) in [5.74, 6) is 1.69. The summed E-state index contributed by atoms with van der Waals surface area (Å²) in [6.07, 6.45) is 0.978. The molecule has 0 radical (unpaired) electrons. The molecule has 2 rings (SSSR count).